The molecule has 2 rings (SSSR count). The first-order valence-corrected chi connectivity index (χ1v) is 8.13. The van der Waals surface area contributed by atoms with Gasteiger partial charge in [-0.05, 0) is 19.3 Å². The fourth-order valence-corrected chi connectivity index (χ4v) is 3.45. The summed E-state index contributed by atoms with van der Waals surface area (Å²) in [6.07, 6.45) is -1.75. The SMILES string of the molecule is CCc1csc([C@H]2CCCN(C(=O)COCC(F)(F)F)C2)n1. The van der Waals surface area contributed by atoms with Gasteiger partial charge in [0.1, 0.15) is 13.2 Å². The predicted molar refractivity (Wildman–Crippen MR) is 76.9 cm³/mol. The first kappa shape index (κ1) is 17.2. The first-order valence-electron chi connectivity index (χ1n) is 7.25. The van der Waals surface area contributed by atoms with E-state index in [0.29, 0.717) is 13.1 Å². The first-order chi connectivity index (χ1) is 10.4. The molecule has 1 atom stereocenters. The zero-order valence-electron chi connectivity index (χ0n) is 12.4. The van der Waals surface area contributed by atoms with Gasteiger partial charge in [-0.1, -0.05) is 6.92 Å². The number of halogens is 3. The summed E-state index contributed by atoms with van der Waals surface area (Å²) in [7, 11) is 0. The number of carbonyl (C=O) groups excluding carboxylic acids is 1. The normalized spacial score (nSPS) is 19.5. The Hall–Kier alpha value is -1.15. The van der Waals surface area contributed by atoms with Crippen molar-refractivity contribution < 1.29 is 22.7 Å². The lowest BCUT2D eigenvalue weighted by Gasteiger charge is -2.31. The summed E-state index contributed by atoms with van der Waals surface area (Å²) >= 11 is 1.59. The second-order valence-corrected chi connectivity index (χ2v) is 6.21. The van der Waals surface area contributed by atoms with Gasteiger partial charge in [-0.2, -0.15) is 13.2 Å². The number of rotatable bonds is 5. The van der Waals surface area contributed by atoms with E-state index in [1.165, 1.54) is 0 Å². The summed E-state index contributed by atoms with van der Waals surface area (Å²) in [6, 6.07) is 0. The van der Waals surface area contributed by atoms with E-state index in [0.717, 1.165) is 30.0 Å². The number of carbonyl (C=O) groups is 1. The van der Waals surface area contributed by atoms with Crippen LogP contribution in [0.15, 0.2) is 5.38 Å². The highest BCUT2D eigenvalue weighted by Crippen LogP contribution is 2.29. The average molecular weight is 336 g/mol. The highest BCUT2D eigenvalue weighted by Gasteiger charge is 2.30. The Bertz CT molecular complexity index is 505. The molecular weight excluding hydrogens is 317 g/mol. The Morgan fingerprint density at radius 1 is 1.55 bits per heavy atom. The number of hydrogen-bond acceptors (Lipinski definition) is 4. The van der Waals surface area contributed by atoms with Gasteiger partial charge in [0.25, 0.3) is 0 Å². The van der Waals surface area contributed by atoms with Crippen LogP contribution in [0.5, 0.6) is 0 Å². The van der Waals surface area contributed by atoms with Crippen LogP contribution in [0, 0.1) is 0 Å². The fourth-order valence-electron chi connectivity index (χ4n) is 2.42. The van der Waals surface area contributed by atoms with Crippen LogP contribution in [0.4, 0.5) is 13.2 Å². The Kier molecular flexibility index (Phi) is 5.80. The Balaban J connectivity index is 1.85. The molecule has 0 unspecified atom stereocenters. The number of amides is 1. The number of hydrogen-bond donors (Lipinski definition) is 0. The molecule has 0 N–H and O–H groups in total. The molecular formula is C14H19F3N2O2S. The molecule has 0 saturated carbocycles. The van der Waals surface area contributed by atoms with Crippen LogP contribution in [0.25, 0.3) is 0 Å². The summed E-state index contributed by atoms with van der Waals surface area (Å²) < 4.78 is 40.5. The second kappa shape index (κ2) is 7.41. The van der Waals surface area contributed by atoms with Gasteiger partial charge < -0.3 is 9.64 Å². The number of likely N-dealkylation sites (tertiary alicyclic amines) is 1. The lowest BCUT2D eigenvalue weighted by molar-refractivity contribution is -0.178. The van der Waals surface area contributed by atoms with Gasteiger partial charge in [-0.3, -0.25) is 4.79 Å². The summed E-state index contributed by atoms with van der Waals surface area (Å²) in [4.78, 5) is 18.1. The van der Waals surface area contributed by atoms with Crippen molar-refractivity contribution in [2.24, 2.45) is 0 Å². The highest BCUT2D eigenvalue weighted by atomic mass is 32.1. The number of thiazole rings is 1. The topological polar surface area (TPSA) is 42.4 Å². The van der Waals surface area contributed by atoms with E-state index in [2.05, 4.69) is 9.72 Å². The fraction of sp³-hybridized carbons (Fsp3) is 0.714. The van der Waals surface area contributed by atoms with E-state index >= 15 is 0 Å². The van der Waals surface area contributed by atoms with Gasteiger partial charge in [0.15, 0.2) is 0 Å². The van der Waals surface area contributed by atoms with E-state index in [4.69, 9.17) is 0 Å². The van der Waals surface area contributed by atoms with Gasteiger partial charge in [0.05, 0.1) is 10.7 Å². The Morgan fingerprint density at radius 3 is 2.95 bits per heavy atom. The predicted octanol–water partition coefficient (Wildman–Crippen LogP) is 2.99. The van der Waals surface area contributed by atoms with Crippen LogP contribution in [0.2, 0.25) is 0 Å². The van der Waals surface area contributed by atoms with Crippen molar-refractivity contribution in [3.05, 3.63) is 16.1 Å². The number of aromatic nitrogens is 1. The third kappa shape index (κ3) is 4.95. The smallest absolute Gasteiger partial charge is 0.362 e. The molecule has 0 aromatic carbocycles. The van der Waals surface area contributed by atoms with Crippen molar-refractivity contribution >= 4 is 17.2 Å². The number of aryl methyl sites for hydroxylation is 1. The molecule has 2 heterocycles. The minimum atomic E-state index is -4.40. The van der Waals surface area contributed by atoms with Crippen LogP contribution in [-0.2, 0) is 16.0 Å². The molecule has 0 bridgehead atoms. The van der Waals surface area contributed by atoms with Crippen molar-refractivity contribution in [1.29, 1.82) is 0 Å². The lowest BCUT2D eigenvalue weighted by Crippen LogP contribution is -2.41. The van der Waals surface area contributed by atoms with Gasteiger partial charge in [-0.15, -0.1) is 11.3 Å². The minimum absolute atomic E-state index is 0.172. The van der Waals surface area contributed by atoms with Crippen molar-refractivity contribution in [2.75, 3.05) is 26.3 Å². The van der Waals surface area contributed by atoms with Crippen LogP contribution < -0.4 is 0 Å². The highest BCUT2D eigenvalue weighted by molar-refractivity contribution is 7.09. The van der Waals surface area contributed by atoms with E-state index in [1.54, 1.807) is 16.2 Å². The minimum Gasteiger partial charge on any atom is -0.362 e. The maximum atomic E-state index is 12.0. The average Bonchev–Trinajstić information content (AvgIpc) is 2.95. The maximum Gasteiger partial charge on any atom is 0.411 e. The molecule has 1 saturated heterocycles. The van der Waals surface area contributed by atoms with Crippen molar-refractivity contribution in [2.45, 2.75) is 38.3 Å². The number of ether oxygens (including phenoxy) is 1. The largest absolute Gasteiger partial charge is 0.411 e. The molecule has 1 aromatic rings. The molecule has 1 aliphatic heterocycles. The molecule has 124 valence electrons. The molecule has 0 aliphatic carbocycles. The third-order valence-electron chi connectivity index (χ3n) is 3.55. The summed E-state index contributed by atoms with van der Waals surface area (Å²) in [6.45, 7) is 1.20. The van der Waals surface area contributed by atoms with E-state index in [1.807, 2.05) is 12.3 Å². The number of piperidine rings is 1. The molecule has 1 aromatic heterocycles. The zero-order chi connectivity index (χ0) is 16.2. The summed E-state index contributed by atoms with van der Waals surface area (Å²) in [5.41, 5.74) is 1.04. The van der Waals surface area contributed by atoms with Crippen LogP contribution in [0.3, 0.4) is 0 Å². The van der Waals surface area contributed by atoms with Crippen molar-refractivity contribution in [3.63, 3.8) is 0 Å². The molecule has 22 heavy (non-hydrogen) atoms. The second-order valence-electron chi connectivity index (χ2n) is 5.32. The monoisotopic (exact) mass is 336 g/mol. The maximum absolute atomic E-state index is 12.0. The van der Waals surface area contributed by atoms with Crippen molar-refractivity contribution in [3.8, 4) is 0 Å². The third-order valence-corrected chi connectivity index (χ3v) is 4.60. The van der Waals surface area contributed by atoms with Crippen LogP contribution in [0.1, 0.15) is 36.4 Å². The molecule has 1 aliphatic rings. The number of nitrogens with zero attached hydrogens (tertiary/aromatic N) is 2. The molecule has 1 fully saturated rings. The quantitative estimate of drug-likeness (QED) is 0.830. The molecule has 8 heteroatoms. The molecule has 0 radical (unpaired) electrons. The summed E-state index contributed by atoms with van der Waals surface area (Å²) in [5, 5.41) is 3.02. The standard InChI is InChI=1S/C14H19F3N2O2S/c1-2-11-8-22-13(18-11)10-4-3-5-19(6-10)12(20)7-21-9-14(15,16)17/h8,10H,2-7,9H2,1H3/t10-/m0/s1. The van der Waals surface area contributed by atoms with E-state index < -0.39 is 19.4 Å². The molecule has 0 spiro atoms. The van der Waals surface area contributed by atoms with Gasteiger partial charge >= 0.3 is 6.18 Å². The van der Waals surface area contributed by atoms with Crippen molar-refractivity contribution in [1.82, 2.24) is 9.88 Å². The summed E-state index contributed by atoms with van der Waals surface area (Å²) in [5.74, 6) is -0.216. The zero-order valence-corrected chi connectivity index (χ0v) is 13.2. The van der Waals surface area contributed by atoms with Gasteiger partial charge in [0, 0.05) is 24.4 Å². The van der Waals surface area contributed by atoms with Crippen LogP contribution in [-0.4, -0.2) is 48.3 Å². The van der Waals surface area contributed by atoms with Gasteiger partial charge in [0.2, 0.25) is 5.91 Å². The number of alkyl halides is 3. The van der Waals surface area contributed by atoms with E-state index in [9.17, 15) is 18.0 Å². The lowest BCUT2D eigenvalue weighted by atomic mass is 9.98. The molecule has 1 amide bonds. The Labute approximate surface area is 131 Å². The van der Waals surface area contributed by atoms with Gasteiger partial charge in [-0.25, -0.2) is 4.98 Å². The molecule has 4 nitrogen and oxygen atoms in total. The van der Waals surface area contributed by atoms with Crippen LogP contribution >= 0.6 is 11.3 Å². The Morgan fingerprint density at radius 2 is 2.32 bits per heavy atom. The van der Waals surface area contributed by atoms with E-state index in [-0.39, 0.29) is 11.8 Å².